The van der Waals surface area contributed by atoms with Crippen LogP contribution >= 0.6 is 11.6 Å². The van der Waals surface area contributed by atoms with E-state index in [1.54, 1.807) is 6.20 Å². The predicted octanol–water partition coefficient (Wildman–Crippen LogP) is 2.26. The Bertz CT molecular complexity index is 359. The zero-order valence-electron chi connectivity index (χ0n) is 10.6. The Morgan fingerprint density at radius 3 is 2.71 bits per heavy atom. The topological polar surface area (TPSA) is 19.4 Å². The minimum atomic E-state index is 0.735. The number of likely N-dealkylation sites (tertiary alicyclic amines) is 1. The van der Waals surface area contributed by atoms with Gasteiger partial charge in [0, 0.05) is 36.9 Å². The summed E-state index contributed by atoms with van der Waals surface area (Å²) in [7, 11) is 4.33. The third kappa shape index (κ3) is 3.66. The van der Waals surface area contributed by atoms with Crippen LogP contribution in [0.2, 0.25) is 5.02 Å². The molecule has 0 spiro atoms. The van der Waals surface area contributed by atoms with Gasteiger partial charge in [-0.05, 0) is 39.1 Å². The van der Waals surface area contributed by atoms with Crippen LogP contribution in [0.5, 0.6) is 0 Å². The largest absolute Gasteiger partial charge is 0.306 e. The molecule has 0 aromatic carbocycles. The molecular weight excluding hydrogens is 234 g/mol. The third-order valence-corrected chi connectivity index (χ3v) is 3.69. The lowest BCUT2D eigenvalue weighted by Crippen LogP contribution is -2.41. The first-order valence-electron chi connectivity index (χ1n) is 6.14. The Hall–Kier alpha value is -0.640. The highest BCUT2D eigenvalue weighted by molar-refractivity contribution is 6.30. The van der Waals surface area contributed by atoms with Crippen LogP contribution in [0.3, 0.4) is 0 Å². The van der Waals surface area contributed by atoms with E-state index in [1.165, 1.54) is 12.8 Å². The van der Waals surface area contributed by atoms with Gasteiger partial charge < -0.3 is 4.90 Å². The smallest absolute Gasteiger partial charge is 0.0558 e. The summed E-state index contributed by atoms with van der Waals surface area (Å²) in [6.07, 6.45) is 4.27. The molecule has 0 amide bonds. The summed E-state index contributed by atoms with van der Waals surface area (Å²) in [6.45, 7) is 3.22. The van der Waals surface area contributed by atoms with Crippen molar-refractivity contribution in [1.29, 1.82) is 0 Å². The van der Waals surface area contributed by atoms with Crippen LogP contribution < -0.4 is 0 Å². The maximum Gasteiger partial charge on any atom is 0.0558 e. The maximum atomic E-state index is 5.96. The zero-order chi connectivity index (χ0) is 12.3. The molecule has 94 valence electrons. The Labute approximate surface area is 108 Å². The molecule has 17 heavy (non-hydrogen) atoms. The Morgan fingerprint density at radius 2 is 2.12 bits per heavy atom. The van der Waals surface area contributed by atoms with Crippen LogP contribution in [0.15, 0.2) is 18.3 Å². The van der Waals surface area contributed by atoms with Gasteiger partial charge in [-0.15, -0.1) is 0 Å². The second kappa shape index (κ2) is 5.80. The van der Waals surface area contributed by atoms with E-state index in [1.807, 2.05) is 12.1 Å². The Kier molecular flexibility index (Phi) is 4.37. The third-order valence-electron chi connectivity index (χ3n) is 3.45. The lowest BCUT2D eigenvalue weighted by molar-refractivity contribution is 0.139. The number of piperidine rings is 1. The van der Waals surface area contributed by atoms with Crippen LogP contribution in [0.25, 0.3) is 0 Å². The highest BCUT2D eigenvalue weighted by Crippen LogP contribution is 2.17. The number of pyridine rings is 1. The first kappa shape index (κ1) is 12.8. The summed E-state index contributed by atoms with van der Waals surface area (Å²) < 4.78 is 0. The number of nitrogens with zero attached hydrogens (tertiary/aromatic N) is 3. The fraction of sp³-hybridized carbons (Fsp3) is 0.615. The average Bonchev–Trinajstić information content (AvgIpc) is 2.29. The SMILES string of the molecule is CN(C)C1CCN(Cc2cc(Cl)ccn2)CC1. The number of hydrogen-bond donors (Lipinski definition) is 0. The molecular formula is C13H20ClN3. The normalized spacial score (nSPS) is 18.8. The second-order valence-electron chi connectivity index (χ2n) is 4.94. The van der Waals surface area contributed by atoms with E-state index in [-0.39, 0.29) is 0 Å². The highest BCUT2D eigenvalue weighted by Gasteiger charge is 2.20. The fourth-order valence-electron chi connectivity index (χ4n) is 2.36. The monoisotopic (exact) mass is 253 g/mol. The summed E-state index contributed by atoms with van der Waals surface area (Å²) in [6, 6.07) is 4.52. The van der Waals surface area contributed by atoms with Gasteiger partial charge in [0.15, 0.2) is 0 Å². The minimum Gasteiger partial charge on any atom is -0.306 e. The summed E-state index contributed by atoms with van der Waals surface area (Å²) >= 11 is 5.96. The van der Waals surface area contributed by atoms with Crippen molar-refractivity contribution in [3.63, 3.8) is 0 Å². The summed E-state index contributed by atoms with van der Waals surface area (Å²) in [5, 5.41) is 0.776. The number of hydrogen-bond acceptors (Lipinski definition) is 3. The van der Waals surface area contributed by atoms with Crippen LogP contribution in [-0.4, -0.2) is 48.0 Å². The molecule has 0 saturated carbocycles. The van der Waals surface area contributed by atoms with Crippen LogP contribution in [0.1, 0.15) is 18.5 Å². The molecule has 1 aromatic heterocycles. The van der Waals surface area contributed by atoms with Crippen molar-refractivity contribution in [3.8, 4) is 0 Å². The molecule has 0 N–H and O–H groups in total. The molecule has 0 atom stereocenters. The molecule has 1 fully saturated rings. The molecule has 3 nitrogen and oxygen atoms in total. The van der Waals surface area contributed by atoms with Gasteiger partial charge in [-0.3, -0.25) is 9.88 Å². The highest BCUT2D eigenvalue weighted by atomic mass is 35.5. The maximum absolute atomic E-state index is 5.96. The second-order valence-corrected chi connectivity index (χ2v) is 5.37. The predicted molar refractivity (Wildman–Crippen MR) is 71.2 cm³/mol. The van der Waals surface area contributed by atoms with Gasteiger partial charge in [-0.2, -0.15) is 0 Å². The quantitative estimate of drug-likeness (QED) is 0.824. The Morgan fingerprint density at radius 1 is 1.41 bits per heavy atom. The van der Waals surface area contributed by atoms with Gasteiger partial charge >= 0.3 is 0 Å². The van der Waals surface area contributed by atoms with Gasteiger partial charge in [0.25, 0.3) is 0 Å². The molecule has 0 aliphatic carbocycles. The van der Waals surface area contributed by atoms with E-state index in [9.17, 15) is 0 Å². The molecule has 1 aromatic rings. The van der Waals surface area contributed by atoms with Crippen molar-refractivity contribution in [1.82, 2.24) is 14.8 Å². The van der Waals surface area contributed by atoms with E-state index in [2.05, 4.69) is 28.9 Å². The lowest BCUT2D eigenvalue weighted by Gasteiger charge is -2.34. The first-order chi connectivity index (χ1) is 8.15. The van der Waals surface area contributed by atoms with Crippen molar-refractivity contribution < 1.29 is 0 Å². The Balaban J connectivity index is 1.86. The standard InChI is InChI=1S/C13H20ClN3/c1-16(2)13-4-7-17(8-5-13)10-12-9-11(14)3-6-15-12/h3,6,9,13H,4-5,7-8,10H2,1-2H3. The fourth-order valence-corrected chi connectivity index (χ4v) is 2.54. The summed E-state index contributed by atoms with van der Waals surface area (Å²) in [5.74, 6) is 0. The molecule has 1 saturated heterocycles. The van der Waals surface area contributed by atoms with Crippen molar-refractivity contribution >= 4 is 11.6 Å². The van der Waals surface area contributed by atoms with Crippen molar-refractivity contribution in [2.75, 3.05) is 27.2 Å². The summed E-state index contributed by atoms with van der Waals surface area (Å²) in [5.41, 5.74) is 1.07. The van der Waals surface area contributed by atoms with Gasteiger partial charge in [-0.25, -0.2) is 0 Å². The van der Waals surface area contributed by atoms with Gasteiger partial charge in [0.05, 0.1) is 5.69 Å². The average molecular weight is 254 g/mol. The number of rotatable bonds is 3. The number of aromatic nitrogens is 1. The lowest BCUT2D eigenvalue weighted by atomic mass is 10.0. The van der Waals surface area contributed by atoms with Gasteiger partial charge in [0.1, 0.15) is 0 Å². The van der Waals surface area contributed by atoms with Crippen LogP contribution in [-0.2, 0) is 6.54 Å². The van der Waals surface area contributed by atoms with E-state index < -0.39 is 0 Å². The summed E-state index contributed by atoms with van der Waals surface area (Å²) in [4.78, 5) is 9.14. The van der Waals surface area contributed by atoms with Gasteiger partial charge in [0.2, 0.25) is 0 Å². The molecule has 0 unspecified atom stereocenters. The molecule has 1 aliphatic heterocycles. The van der Waals surface area contributed by atoms with E-state index >= 15 is 0 Å². The molecule has 4 heteroatoms. The van der Waals surface area contributed by atoms with E-state index in [0.717, 1.165) is 36.4 Å². The molecule has 2 heterocycles. The van der Waals surface area contributed by atoms with Crippen molar-refractivity contribution in [3.05, 3.63) is 29.0 Å². The molecule has 2 rings (SSSR count). The van der Waals surface area contributed by atoms with Gasteiger partial charge in [-0.1, -0.05) is 11.6 Å². The molecule has 1 aliphatic rings. The molecule has 0 bridgehead atoms. The van der Waals surface area contributed by atoms with E-state index in [0.29, 0.717) is 0 Å². The molecule has 0 radical (unpaired) electrons. The van der Waals surface area contributed by atoms with Crippen LogP contribution in [0, 0.1) is 0 Å². The van der Waals surface area contributed by atoms with Crippen molar-refractivity contribution in [2.24, 2.45) is 0 Å². The van der Waals surface area contributed by atoms with E-state index in [4.69, 9.17) is 11.6 Å². The minimum absolute atomic E-state index is 0.735. The van der Waals surface area contributed by atoms with Crippen molar-refractivity contribution in [2.45, 2.75) is 25.4 Å². The number of halogens is 1. The zero-order valence-corrected chi connectivity index (χ0v) is 11.3. The first-order valence-corrected chi connectivity index (χ1v) is 6.52. The van der Waals surface area contributed by atoms with Crippen LogP contribution in [0.4, 0.5) is 0 Å².